The molecule has 0 spiro atoms. The highest BCUT2D eigenvalue weighted by Crippen LogP contribution is 2.22. The number of anilines is 1. The molecule has 2 atom stereocenters. The van der Waals surface area contributed by atoms with Gasteiger partial charge in [-0.1, -0.05) is 18.2 Å². The summed E-state index contributed by atoms with van der Waals surface area (Å²) in [7, 11) is 0. The largest absolute Gasteiger partial charge is 0.382 e. The smallest absolute Gasteiger partial charge is 0.0750 e. The van der Waals surface area contributed by atoms with Crippen molar-refractivity contribution in [1.29, 1.82) is 0 Å². The van der Waals surface area contributed by atoms with E-state index in [1.807, 2.05) is 0 Å². The fraction of sp³-hybridized carbons (Fsp3) is 0.600. The molecule has 2 aliphatic rings. The van der Waals surface area contributed by atoms with Crippen LogP contribution < -0.4 is 5.32 Å². The molecular formula is C15H21NO2. The third-order valence-corrected chi connectivity index (χ3v) is 3.86. The quantitative estimate of drug-likeness (QED) is 0.890. The van der Waals surface area contributed by atoms with Gasteiger partial charge in [-0.15, -0.1) is 0 Å². The van der Waals surface area contributed by atoms with E-state index in [9.17, 15) is 0 Å². The van der Waals surface area contributed by atoms with E-state index in [2.05, 4.69) is 29.6 Å². The molecule has 18 heavy (non-hydrogen) atoms. The topological polar surface area (TPSA) is 30.5 Å². The standard InChI is InChI=1S/C15H21NO2/c1-2-4-15-13(3-1)5-6-14(9-16-15)18-11-12-7-8-17-10-12/h1-4,12,14,16H,5-11H2. The van der Waals surface area contributed by atoms with Gasteiger partial charge in [0.05, 0.1) is 19.3 Å². The van der Waals surface area contributed by atoms with Crippen LogP contribution in [0.1, 0.15) is 18.4 Å². The van der Waals surface area contributed by atoms with Crippen LogP contribution in [0.5, 0.6) is 0 Å². The second kappa shape index (κ2) is 5.72. The first-order valence-electron chi connectivity index (χ1n) is 6.93. The van der Waals surface area contributed by atoms with Crippen molar-refractivity contribution in [1.82, 2.24) is 0 Å². The van der Waals surface area contributed by atoms with Gasteiger partial charge in [-0.05, 0) is 30.9 Å². The second-order valence-electron chi connectivity index (χ2n) is 5.26. The molecule has 2 unspecified atom stereocenters. The summed E-state index contributed by atoms with van der Waals surface area (Å²) >= 11 is 0. The number of aryl methyl sites for hydroxylation is 1. The van der Waals surface area contributed by atoms with Crippen molar-refractivity contribution in [3.63, 3.8) is 0 Å². The van der Waals surface area contributed by atoms with E-state index in [0.717, 1.165) is 45.6 Å². The third kappa shape index (κ3) is 2.85. The lowest BCUT2D eigenvalue weighted by molar-refractivity contribution is 0.0299. The van der Waals surface area contributed by atoms with Gasteiger partial charge in [0, 0.05) is 24.8 Å². The van der Waals surface area contributed by atoms with Crippen LogP contribution in [0.15, 0.2) is 24.3 Å². The maximum atomic E-state index is 6.04. The molecule has 98 valence electrons. The van der Waals surface area contributed by atoms with Crippen LogP contribution in [0.25, 0.3) is 0 Å². The summed E-state index contributed by atoms with van der Waals surface area (Å²) in [5.74, 6) is 0.607. The molecule has 1 aromatic rings. The van der Waals surface area contributed by atoms with Gasteiger partial charge in [0.25, 0.3) is 0 Å². The summed E-state index contributed by atoms with van der Waals surface area (Å²) in [5, 5.41) is 3.49. The van der Waals surface area contributed by atoms with Crippen LogP contribution in [0, 0.1) is 5.92 Å². The van der Waals surface area contributed by atoms with Crippen LogP contribution in [-0.4, -0.2) is 32.5 Å². The number of benzene rings is 1. The number of hydrogen-bond donors (Lipinski definition) is 1. The Labute approximate surface area is 108 Å². The van der Waals surface area contributed by atoms with Crippen molar-refractivity contribution in [3.05, 3.63) is 29.8 Å². The van der Waals surface area contributed by atoms with Crippen molar-refractivity contribution in [2.24, 2.45) is 5.92 Å². The van der Waals surface area contributed by atoms with Crippen molar-refractivity contribution in [2.75, 3.05) is 31.7 Å². The predicted molar refractivity (Wildman–Crippen MR) is 71.9 cm³/mol. The van der Waals surface area contributed by atoms with Gasteiger partial charge in [0.1, 0.15) is 0 Å². The van der Waals surface area contributed by atoms with E-state index in [4.69, 9.17) is 9.47 Å². The molecule has 1 aromatic carbocycles. The number of rotatable bonds is 3. The molecule has 3 nitrogen and oxygen atoms in total. The first-order valence-corrected chi connectivity index (χ1v) is 6.93. The first kappa shape index (κ1) is 12.0. The summed E-state index contributed by atoms with van der Waals surface area (Å²) in [4.78, 5) is 0. The Balaban J connectivity index is 1.51. The molecule has 0 aliphatic carbocycles. The second-order valence-corrected chi connectivity index (χ2v) is 5.26. The van der Waals surface area contributed by atoms with E-state index in [-0.39, 0.29) is 0 Å². The maximum absolute atomic E-state index is 6.04. The van der Waals surface area contributed by atoms with Crippen LogP contribution in [-0.2, 0) is 15.9 Å². The average molecular weight is 247 g/mol. The Morgan fingerprint density at radius 2 is 2.22 bits per heavy atom. The van der Waals surface area contributed by atoms with Gasteiger partial charge in [0.15, 0.2) is 0 Å². The minimum absolute atomic E-state index is 0.331. The maximum Gasteiger partial charge on any atom is 0.0750 e. The average Bonchev–Trinajstić information content (AvgIpc) is 2.84. The normalized spacial score (nSPS) is 27.3. The van der Waals surface area contributed by atoms with Crippen molar-refractivity contribution < 1.29 is 9.47 Å². The molecule has 2 heterocycles. The summed E-state index contributed by atoms with van der Waals surface area (Å²) < 4.78 is 11.4. The number of fused-ring (bicyclic) bond motifs is 1. The van der Waals surface area contributed by atoms with Crippen LogP contribution in [0.4, 0.5) is 5.69 Å². The highest BCUT2D eigenvalue weighted by atomic mass is 16.5. The summed E-state index contributed by atoms with van der Waals surface area (Å²) in [5.41, 5.74) is 2.68. The highest BCUT2D eigenvalue weighted by Gasteiger charge is 2.20. The Hall–Kier alpha value is -1.06. The molecule has 3 heteroatoms. The van der Waals surface area contributed by atoms with Crippen molar-refractivity contribution >= 4 is 5.69 Å². The van der Waals surface area contributed by atoms with E-state index in [1.54, 1.807) is 0 Å². The van der Waals surface area contributed by atoms with Crippen molar-refractivity contribution in [2.45, 2.75) is 25.4 Å². The Morgan fingerprint density at radius 3 is 3.11 bits per heavy atom. The fourth-order valence-corrected chi connectivity index (χ4v) is 2.68. The molecule has 0 bridgehead atoms. The predicted octanol–water partition coefficient (Wildman–Crippen LogP) is 2.47. The van der Waals surface area contributed by atoms with Gasteiger partial charge < -0.3 is 14.8 Å². The van der Waals surface area contributed by atoms with Gasteiger partial charge >= 0.3 is 0 Å². The SMILES string of the molecule is c1ccc2c(c1)CCC(OCC1CCOC1)CN2. The molecule has 1 N–H and O–H groups in total. The summed E-state index contributed by atoms with van der Waals surface area (Å²) in [6.45, 7) is 3.55. The Morgan fingerprint density at radius 1 is 1.28 bits per heavy atom. The highest BCUT2D eigenvalue weighted by molar-refractivity contribution is 5.51. The molecule has 0 amide bonds. The van der Waals surface area contributed by atoms with Gasteiger partial charge in [0.2, 0.25) is 0 Å². The van der Waals surface area contributed by atoms with Gasteiger partial charge in [-0.2, -0.15) is 0 Å². The molecule has 1 fully saturated rings. The summed E-state index contributed by atoms with van der Waals surface area (Å²) in [6, 6.07) is 8.55. The first-order chi connectivity index (χ1) is 8.92. The minimum Gasteiger partial charge on any atom is -0.382 e. The van der Waals surface area contributed by atoms with Crippen LogP contribution in [0.2, 0.25) is 0 Å². The van der Waals surface area contributed by atoms with Crippen LogP contribution in [0.3, 0.4) is 0 Å². The molecule has 1 saturated heterocycles. The lowest BCUT2D eigenvalue weighted by Crippen LogP contribution is -2.25. The minimum atomic E-state index is 0.331. The molecular weight excluding hydrogens is 226 g/mol. The van der Waals surface area contributed by atoms with Gasteiger partial charge in [-0.25, -0.2) is 0 Å². The summed E-state index contributed by atoms with van der Waals surface area (Å²) in [6.07, 6.45) is 3.70. The van der Waals surface area contributed by atoms with Crippen molar-refractivity contribution in [3.8, 4) is 0 Å². The number of ether oxygens (including phenoxy) is 2. The van der Waals surface area contributed by atoms with E-state index in [1.165, 1.54) is 11.3 Å². The lowest BCUT2D eigenvalue weighted by atomic mass is 10.1. The van der Waals surface area contributed by atoms with E-state index < -0.39 is 0 Å². The zero-order chi connectivity index (χ0) is 12.2. The number of para-hydroxylation sites is 1. The molecule has 2 aliphatic heterocycles. The Kier molecular flexibility index (Phi) is 3.81. The Bertz CT molecular complexity index is 361. The zero-order valence-electron chi connectivity index (χ0n) is 10.7. The fourth-order valence-electron chi connectivity index (χ4n) is 2.68. The number of hydrogen-bond acceptors (Lipinski definition) is 3. The number of nitrogens with one attached hydrogen (secondary N) is 1. The molecule has 3 rings (SSSR count). The zero-order valence-corrected chi connectivity index (χ0v) is 10.7. The molecule has 0 radical (unpaired) electrons. The van der Waals surface area contributed by atoms with E-state index >= 15 is 0 Å². The lowest BCUT2D eigenvalue weighted by Gasteiger charge is -2.18. The van der Waals surface area contributed by atoms with Crippen LogP contribution >= 0.6 is 0 Å². The van der Waals surface area contributed by atoms with E-state index in [0.29, 0.717) is 12.0 Å². The molecule has 0 saturated carbocycles. The molecule has 0 aromatic heterocycles. The monoisotopic (exact) mass is 247 g/mol. The van der Waals surface area contributed by atoms with Gasteiger partial charge in [-0.3, -0.25) is 0 Å². The third-order valence-electron chi connectivity index (χ3n) is 3.86.